The molecule has 4 aromatic rings. The van der Waals surface area contributed by atoms with E-state index in [-0.39, 0.29) is 5.56 Å². The van der Waals surface area contributed by atoms with Crippen molar-refractivity contribution < 1.29 is 5.11 Å². The second-order valence-corrected chi connectivity index (χ2v) is 7.07. The maximum Gasteiger partial charge on any atom is 0.279 e. The summed E-state index contributed by atoms with van der Waals surface area (Å²) in [5.74, 6) is -0.0523. The third-order valence-corrected chi connectivity index (χ3v) is 5.47. The van der Waals surface area contributed by atoms with Gasteiger partial charge in [-0.3, -0.25) is 4.79 Å². The van der Waals surface area contributed by atoms with Crippen molar-refractivity contribution in [3.05, 3.63) is 112 Å². The fraction of sp³-hybridized carbons (Fsp3) is 0.167. The third-order valence-electron chi connectivity index (χ3n) is 5.47. The van der Waals surface area contributed by atoms with E-state index < -0.39 is 11.5 Å². The van der Waals surface area contributed by atoms with Gasteiger partial charge in [0.2, 0.25) is 0 Å². The van der Waals surface area contributed by atoms with Gasteiger partial charge in [0.15, 0.2) is 0 Å². The van der Waals surface area contributed by atoms with Crippen molar-refractivity contribution in [3.63, 3.8) is 0 Å². The fourth-order valence-electron chi connectivity index (χ4n) is 3.89. The second kappa shape index (κ2) is 7.53. The molecule has 1 heterocycles. The highest BCUT2D eigenvalue weighted by atomic mass is 16.3. The van der Waals surface area contributed by atoms with Crippen molar-refractivity contribution in [2.75, 3.05) is 12.5 Å². The number of nitrogens with zero attached hydrogens (tertiary/aromatic N) is 2. The van der Waals surface area contributed by atoms with E-state index >= 15 is 0 Å². The summed E-state index contributed by atoms with van der Waals surface area (Å²) in [5, 5.41) is 12.6. The van der Waals surface area contributed by atoms with Crippen LogP contribution in [-0.2, 0) is 5.60 Å². The Kier molecular flexibility index (Phi) is 4.91. The highest BCUT2D eigenvalue weighted by Gasteiger charge is 2.41. The SMILES string of the molecule is CNn1c(C(C)C(O)(c2ccccc2)c2ccccc2)nc2ccccc2c1=O. The van der Waals surface area contributed by atoms with E-state index in [1.165, 1.54) is 4.68 Å². The first-order chi connectivity index (χ1) is 14.1. The summed E-state index contributed by atoms with van der Waals surface area (Å²) in [4.78, 5) is 17.8. The zero-order chi connectivity index (χ0) is 20.4. The summed E-state index contributed by atoms with van der Waals surface area (Å²) in [6, 6.07) is 26.2. The van der Waals surface area contributed by atoms with Crippen LogP contribution in [0.2, 0.25) is 0 Å². The van der Waals surface area contributed by atoms with Crippen LogP contribution in [0.5, 0.6) is 0 Å². The lowest BCUT2D eigenvalue weighted by Gasteiger charge is -2.35. The Bertz CT molecular complexity index is 1150. The first kappa shape index (κ1) is 18.9. The maximum atomic E-state index is 13.1. The molecule has 0 radical (unpaired) electrons. The molecule has 146 valence electrons. The molecule has 0 spiro atoms. The molecular formula is C24H23N3O2. The predicted molar refractivity (Wildman–Crippen MR) is 116 cm³/mol. The number of benzene rings is 3. The van der Waals surface area contributed by atoms with Crippen molar-refractivity contribution >= 4 is 10.9 Å². The van der Waals surface area contributed by atoms with Gasteiger partial charge in [-0.25, -0.2) is 9.66 Å². The molecule has 1 aromatic heterocycles. The molecule has 5 nitrogen and oxygen atoms in total. The van der Waals surface area contributed by atoms with Gasteiger partial charge < -0.3 is 10.5 Å². The van der Waals surface area contributed by atoms with Gasteiger partial charge in [-0.05, 0) is 23.3 Å². The van der Waals surface area contributed by atoms with Gasteiger partial charge in [-0.2, -0.15) is 0 Å². The van der Waals surface area contributed by atoms with Crippen molar-refractivity contribution in [1.82, 2.24) is 9.66 Å². The molecule has 29 heavy (non-hydrogen) atoms. The van der Waals surface area contributed by atoms with Crippen LogP contribution in [0.3, 0.4) is 0 Å². The summed E-state index contributed by atoms with van der Waals surface area (Å²) < 4.78 is 1.42. The Balaban J connectivity index is 1.99. The van der Waals surface area contributed by atoms with Gasteiger partial charge in [-0.1, -0.05) is 79.7 Å². The number of hydrogen-bond donors (Lipinski definition) is 2. The van der Waals surface area contributed by atoms with Crippen molar-refractivity contribution in [3.8, 4) is 0 Å². The number of fused-ring (bicyclic) bond motifs is 1. The number of hydrogen-bond acceptors (Lipinski definition) is 4. The fourth-order valence-corrected chi connectivity index (χ4v) is 3.89. The molecule has 5 heteroatoms. The molecule has 0 aliphatic heterocycles. The molecular weight excluding hydrogens is 362 g/mol. The number of para-hydroxylation sites is 1. The summed E-state index contributed by atoms with van der Waals surface area (Å²) >= 11 is 0. The Hall–Kier alpha value is -3.44. The van der Waals surface area contributed by atoms with Crippen LogP contribution in [0.1, 0.15) is 29.8 Å². The summed E-state index contributed by atoms with van der Waals surface area (Å²) in [7, 11) is 1.68. The molecule has 0 aliphatic carbocycles. The average Bonchev–Trinajstić information content (AvgIpc) is 2.79. The first-order valence-electron chi connectivity index (χ1n) is 9.60. The zero-order valence-electron chi connectivity index (χ0n) is 16.4. The van der Waals surface area contributed by atoms with Crippen LogP contribution in [0.15, 0.2) is 89.7 Å². The van der Waals surface area contributed by atoms with Gasteiger partial charge in [0, 0.05) is 7.05 Å². The van der Waals surface area contributed by atoms with E-state index in [0.29, 0.717) is 16.7 Å². The van der Waals surface area contributed by atoms with E-state index in [9.17, 15) is 9.90 Å². The Labute approximate surface area is 169 Å². The van der Waals surface area contributed by atoms with Crippen LogP contribution in [0.4, 0.5) is 0 Å². The third kappa shape index (κ3) is 3.09. The Morgan fingerprint density at radius 1 is 0.897 bits per heavy atom. The summed E-state index contributed by atoms with van der Waals surface area (Å²) in [6.07, 6.45) is 0. The highest BCUT2D eigenvalue weighted by Crippen LogP contribution is 2.41. The second-order valence-electron chi connectivity index (χ2n) is 7.07. The van der Waals surface area contributed by atoms with E-state index in [1.807, 2.05) is 85.8 Å². The Morgan fingerprint density at radius 3 is 1.97 bits per heavy atom. The van der Waals surface area contributed by atoms with Crippen LogP contribution >= 0.6 is 0 Å². The highest BCUT2D eigenvalue weighted by molar-refractivity contribution is 5.77. The molecule has 0 bridgehead atoms. The molecule has 2 N–H and O–H groups in total. The summed E-state index contributed by atoms with van der Waals surface area (Å²) in [6.45, 7) is 1.89. The minimum Gasteiger partial charge on any atom is -0.380 e. The normalized spacial score (nSPS) is 12.7. The largest absolute Gasteiger partial charge is 0.380 e. The van der Waals surface area contributed by atoms with Gasteiger partial charge in [0.1, 0.15) is 11.4 Å². The zero-order valence-corrected chi connectivity index (χ0v) is 16.4. The maximum absolute atomic E-state index is 13.1. The minimum atomic E-state index is -1.37. The monoisotopic (exact) mass is 385 g/mol. The molecule has 0 amide bonds. The molecule has 1 atom stereocenters. The molecule has 0 saturated carbocycles. The molecule has 0 saturated heterocycles. The van der Waals surface area contributed by atoms with Gasteiger partial charge >= 0.3 is 0 Å². The first-order valence-corrected chi connectivity index (χ1v) is 9.60. The van der Waals surface area contributed by atoms with Crippen molar-refractivity contribution in [1.29, 1.82) is 0 Å². The van der Waals surface area contributed by atoms with E-state index in [2.05, 4.69) is 5.43 Å². The predicted octanol–water partition coefficient (Wildman–Crippen LogP) is 3.61. The van der Waals surface area contributed by atoms with Crippen molar-refractivity contribution in [2.45, 2.75) is 18.4 Å². The van der Waals surface area contributed by atoms with E-state index in [4.69, 9.17) is 4.98 Å². The van der Waals surface area contributed by atoms with Crippen LogP contribution < -0.4 is 11.0 Å². The minimum absolute atomic E-state index is 0.191. The number of nitrogens with one attached hydrogen (secondary N) is 1. The topological polar surface area (TPSA) is 67.2 Å². The summed E-state index contributed by atoms with van der Waals surface area (Å²) in [5.41, 5.74) is 3.46. The van der Waals surface area contributed by atoms with Gasteiger partial charge in [-0.15, -0.1) is 0 Å². The number of aromatic nitrogens is 2. The van der Waals surface area contributed by atoms with Crippen LogP contribution in [0.25, 0.3) is 10.9 Å². The van der Waals surface area contributed by atoms with Gasteiger partial charge in [0.05, 0.1) is 16.8 Å². The standard InChI is InChI=1S/C24H23N3O2/c1-17(22-26-21-16-10-9-15-20(21)23(28)27(22)25-2)24(29,18-11-5-3-6-12-18)19-13-7-4-8-14-19/h3-17,25,29H,1-2H3. The molecule has 0 fully saturated rings. The lowest BCUT2D eigenvalue weighted by atomic mass is 9.76. The molecule has 0 aliphatic rings. The smallest absolute Gasteiger partial charge is 0.279 e. The average molecular weight is 385 g/mol. The van der Waals surface area contributed by atoms with Crippen LogP contribution in [-0.4, -0.2) is 21.8 Å². The molecule has 1 unspecified atom stereocenters. The van der Waals surface area contributed by atoms with Crippen LogP contribution in [0, 0.1) is 0 Å². The molecule has 4 rings (SSSR count). The quantitative estimate of drug-likeness (QED) is 0.551. The van der Waals surface area contributed by atoms with Crippen molar-refractivity contribution in [2.24, 2.45) is 0 Å². The van der Waals surface area contributed by atoms with E-state index in [0.717, 1.165) is 11.1 Å². The molecule has 3 aromatic carbocycles. The number of aliphatic hydroxyl groups is 1. The Morgan fingerprint density at radius 2 is 1.41 bits per heavy atom. The lowest BCUT2D eigenvalue weighted by Crippen LogP contribution is -2.40. The lowest BCUT2D eigenvalue weighted by molar-refractivity contribution is 0.0514. The van der Waals surface area contributed by atoms with E-state index in [1.54, 1.807) is 13.1 Å². The number of rotatable bonds is 5. The van der Waals surface area contributed by atoms with Gasteiger partial charge in [0.25, 0.3) is 5.56 Å².